The van der Waals surface area contributed by atoms with Crippen LogP contribution in [0.3, 0.4) is 0 Å². The molecular formula is C15H20NO2S. The third-order valence-corrected chi connectivity index (χ3v) is 4.25. The summed E-state index contributed by atoms with van der Waals surface area (Å²) in [4.78, 5) is 14.9. The Morgan fingerprint density at radius 2 is 1.89 bits per heavy atom. The molecule has 1 aromatic rings. The zero-order valence-corrected chi connectivity index (χ0v) is 12.3. The molecule has 1 radical (unpaired) electrons. The van der Waals surface area contributed by atoms with E-state index >= 15 is 0 Å². The van der Waals surface area contributed by atoms with Crippen LogP contribution in [-0.4, -0.2) is 49.3 Å². The van der Waals surface area contributed by atoms with Gasteiger partial charge in [-0.25, -0.2) is 0 Å². The lowest BCUT2D eigenvalue weighted by atomic mass is 9.92. The van der Waals surface area contributed by atoms with Gasteiger partial charge in [-0.15, -0.1) is 11.8 Å². The van der Waals surface area contributed by atoms with Crippen molar-refractivity contribution in [2.45, 2.75) is 17.4 Å². The lowest BCUT2D eigenvalue weighted by Gasteiger charge is -2.39. The minimum absolute atomic E-state index is 0.551. The summed E-state index contributed by atoms with van der Waals surface area (Å²) in [6.45, 7) is 4.96. The second-order valence-electron chi connectivity index (χ2n) is 4.86. The van der Waals surface area contributed by atoms with Crippen LogP contribution in [0.5, 0.6) is 0 Å². The normalized spacial score (nSPS) is 19.9. The van der Waals surface area contributed by atoms with Gasteiger partial charge in [0.1, 0.15) is 6.29 Å². The van der Waals surface area contributed by atoms with Crippen LogP contribution in [0, 0.1) is 6.42 Å². The van der Waals surface area contributed by atoms with Gasteiger partial charge in [-0.1, -0.05) is 12.1 Å². The number of hydrogen-bond donors (Lipinski definition) is 0. The van der Waals surface area contributed by atoms with Gasteiger partial charge in [0.2, 0.25) is 0 Å². The van der Waals surface area contributed by atoms with Gasteiger partial charge in [-0.05, 0) is 30.9 Å². The topological polar surface area (TPSA) is 29.5 Å². The first kappa shape index (κ1) is 14.6. The fraction of sp³-hybridized carbons (Fsp3) is 0.467. The highest BCUT2D eigenvalue weighted by Crippen LogP contribution is 2.24. The number of ether oxygens (including phenoxy) is 1. The highest BCUT2D eigenvalue weighted by atomic mass is 32.2. The van der Waals surface area contributed by atoms with Gasteiger partial charge in [0.25, 0.3) is 0 Å². The lowest BCUT2D eigenvalue weighted by Crippen LogP contribution is -2.53. The van der Waals surface area contributed by atoms with Crippen molar-refractivity contribution in [3.05, 3.63) is 36.2 Å². The van der Waals surface area contributed by atoms with E-state index in [-0.39, 0.29) is 0 Å². The number of thioether (sulfide) groups is 1. The standard InChI is InChI=1S/C15H20NO2S/c1-15(12-17,16-7-9-18-10-8-16)11-13-3-5-14(19-2)6-4-13/h3-6,11-12H,7-10H2,1-2H3. The molecule has 0 aliphatic carbocycles. The lowest BCUT2D eigenvalue weighted by molar-refractivity contribution is -0.118. The Morgan fingerprint density at radius 3 is 2.42 bits per heavy atom. The quantitative estimate of drug-likeness (QED) is 0.610. The van der Waals surface area contributed by atoms with Crippen molar-refractivity contribution in [1.82, 2.24) is 4.90 Å². The molecule has 103 valence electrons. The first-order valence-electron chi connectivity index (χ1n) is 6.47. The smallest absolute Gasteiger partial charge is 0.140 e. The first-order valence-corrected chi connectivity index (χ1v) is 7.69. The van der Waals surface area contributed by atoms with Gasteiger partial charge >= 0.3 is 0 Å². The Hall–Kier alpha value is -0.840. The number of carbonyl (C=O) groups is 1. The van der Waals surface area contributed by atoms with E-state index in [1.54, 1.807) is 11.8 Å². The summed E-state index contributed by atoms with van der Waals surface area (Å²) in [7, 11) is 0. The molecule has 1 aromatic carbocycles. The molecule has 0 spiro atoms. The number of rotatable bonds is 5. The summed E-state index contributed by atoms with van der Waals surface area (Å²) >= 11 is 1.72. The van der Waals surface area contributed by atoms with E-state index in [0.29, 0.717) is 13.2 Å². The van der Waals surface area contributed by atoms with Crippen LogP contribution < -0.4 is 0 Å². The Labute approximate surface area is 119 Å². The minimum atomic E-state index is -0.551. The van der Waals surface area contributed by atoms with E-state index in [0.717, 1.165) is 24.9 Å². The molecule has 1 saturated heterocycles. The molecule has 1 heterocycles. The van der Waals surface area contributed by atoms with Gasteiger partial charge in [-0.2, -0.15) is 0 Å². The highest BCUT2D eigenvalue weighted by molar-refractivity contribution is 7.98. The van der Waals surface area contributed by atoms with Crippen LogP contribution in [0.25, 0.3) is 0 Å². The maximum absolute atomic E-state index is 11.5. The molecule has 3 nitrogen and oxygen atoms in total. The first-order chi connectivity index (χ1) is 9.18. The van der Waals surface area contributed by atoms with E-state index in [2.05, 4.69) is 35.4 Å². The molecular weight excluding hydrogens is 258 g/mol. The summed E-state index contributed by atoms with van der Waals surface area (Å²) in [5, 5.41) is 0. The molecule has 1 unspecified atom stereocenters. The van der Waals surface area contributed by atoms with Gasteiger partial charge in [0.05, 0.1) is 18.8 Å². The summed E-state index contributed by atoms with van der Waals surface area (Å²) in [5.74, 6) is 0. The van der Waals surface area contributed by atoms with Crippen LogP contribution >= 0.6 is 11.8 Å². The van der Waals surface area contributed by atoms with Gasteiger partial charge < -0.3 is 9.53 Å². The molecule has 4 heteroatoms. The zero-order chi connectivity index (χ0) is 13.7. The molecule has 1 aliphatic rings. The van der Waals surface area contributed by atoms with Crippen LogP contribution in [0.2, 0.25) is 0 Å². The van der Waals surface area contributed by atoms with Crippen LogP contribution in [0.4, 0.5) is 0 Å². The van der Waals surface area contributed by atoms with Crippen molar-refractivity contribution in [3.63, 3.8) is 0 Å². The monoisotopic (exact) mass is 278 g/mol. The van der Waals surface area contributed by atoms with Crippen molar-refractivity contribution in [2.24, 2.45) is 0 Å². The predicted octanol–water partition coefficient (Wildman–Crippen LogP) is 2.25. The summed E-state index contributed by atoms with van der Waals surface area (Å²) < 4.78 is 5.35. The molecule has 0 bridgehead atoms. The molecule has 1 fully saturated rings. The molecule has 1 aliphatic heterocycles. The Morgan fingerprint density at radius 1 is 1.26 bits per heavy atom. The summed E-state index contributed by atoms with van der Waals surface area (Å²) in [6, 6.07) is 8.30. The third kappa shape index (κ3) is 3.59. The predicted molar refractivity (Wildman–Crippen MR) is 78.5 cm³/mol. The minimum Gasteiger partial charge on any atom is -0.379 e. The number of hydrogen-bond acceptors (Lipinski definition) is 4. The number of morpholine rings is 1. The molecule has 19 heavy (non-hydrogen) atoms. The third-order valence-electron chi connectivity index (χ3n) is 3.51. The van der Waals surface area contributed by atoms with Crippen molar-refractivity contribution in [2.75, 3.05) is 32.6 Å². The number of nitrogens with zero attached hydrogens (tertiary/aromatic N) is 1. The molecule has 2 rings (SSSR count). The van der Waals surface area contributed by atoms with Crippen LogP contribution in [-0.2, 0) is 9.53 Å². The Kier molecular flexibility index (Phi) is 5.02. The molecule has 0 saturated carbocycles. The maximum atomic E-state index is 11.5. The molecule has 0 N–H and O–H groups in total. The average Bonchev–Trinajstić information content (AvgIpc) is 2.49. The maximum Gasteiger partial charge on any atom is 0.140 e. The van der Waals surface area contributed by atoms with Gasteiger partial charge in [0, 0.05) is 24.4 Å². The van der Waals surface area contributed by atoms with Crippen molar-refractivity contribution >= 4 is 18.0 Å². The van der Waals surface area contributed by atoms with E-state index < -0.39 is 5.54 Å². The fourth-order valence-electron chi connectivity index (χ4n) is 2.28. The van der Waals surface area contributed by atoms with Crippen molar-refractivity contribution < 1.29 is 9.53 Å². The zero-order valence-electron chi connectivity index (χ0n) is 11.5. The van der Waals surface area contributed by atoms with Crippen LogP contribution in [0.15, 0.2) is 29.2 Å². The number of carbonyl (C=O) groups excluding carboxylic acids is 1. The molecule has 0 aromatic heterocycles. The van der Waals surface area contributed by atoms with Crippen LogP contribution in [0.1, 0.15) is 12.5 Å². The number of benzene rings is 1. The molecule has 1 atom stereocenters. The van der Waals surface area contributed by atoms with Crippen molar-refractivity contribution in [1.29, 1.82) is 0 Å². The van der Waals surface area contributed by atoms with Gasteiger partial charge in [0.15, 0.2) is 0 Å². The summed E-state index contributed by atoms with van der Waals surface area (Å²) in [6.07, 6.45) is 5.12. The van der Waals surface area contributed by atoms with E-state index in [1.807, 2.05) is 13.3 Å². The van der Waals surface area contributed by atoms with Crippen molar-refractivity contribution in [3.8, 4) is 0 Å². The average molecular weight is 278 g/mol. The largest absolute Gasteiger partial charge is 0.379 e. The Balaban J connectivity index is 2.09. The van der Waals surface area contributed by atoms with E-state index in [4.69, 9.17) is 4.74 Å². The second-order valence-corrected chi connectivity index (χ2v) is 5.74. The number of aldehydes is 1. The van der Waals surface area contributed by atoms with E-state index in [1.165, 1.54) is 4.90 Å². The summed E-state index contributed by atoms with van der Waals surface area (Å²) in [5.41, 5.74) is 0.531. The second kappa shape index (κ2) is 6.55. The molecule has 0 amide bonds. The Bertz CT molecular complexity index is 415. The highest BCUT2D eigenvalue weighted by Gasteiger charge is 2.33. The fourth-order valence-corrected chi connectivity index (χ4v) is 2.69. The van der Waals surface area contributed by atoms with E-state index in [9.17, 15) is 4.79 Å². The SMILES string of the molecule is CSc1ccc([CH]C(C)(C=O)N2CCOCC2)cc1. The van der Waals surface area contributed by atoms with Gasteiger partial charge in [-0.3, -0.25) is 4.90 Å².